The predicted octanol–water partition coefficient (Wildman–Crippen LogP) is 5.32. The highest BCUT2D eigenvalue weighted by atomic mass is 35.5. The molecule has 0 saturated heterocycles. The monoisotopic (exact) mass is 420 g/mol. The zero-order valence-electron chi connectivity index (χ0n) is 16.0. The predicted molar refractivity (Wildman–Crippen MR) is 114 cm³/mol. The zero-order valence-corrected chi connectivity index (χ0v) is 16.8. The van der Waals surface area contributed by atoms with Crippen LogP contribution in [-0.4, -0.2) is 18.5 Å². The second-order valence-electron chi connectivity index (χ2n) is 6.13. The quantitative estimate of drug-likeness (QED) is 0.331. The molecule has 0 bridgehead atoms. The van der Waals surface area contributed by atoms with Crippen molar-refractivity contribution in [3.8, 4) is 17.4 Å². The van der Waals surface area contributed by atoms with Gasteiger partial charge < -0.3 is 14.5 Å². The zero-order chi connectivity index (χ0) is 21.5. The van der Waals surface area contributed by atoms with E-state index < -0.39 is 11.9 Å². The van der Waals surface area contributed by atoms with Gasteiger partial charge in [0.05, 0.1) is 12.2 Å². The van der Waals surface area contributed by atoms with E-state index in [1.165, 1.54) is 18.2 Å². The van der Waals surface area contributed by atoms with Crippen LogP contribution < -0.4 is 5.32 Å². The fraction of sp³-hybridized carbons (Fsp3) is 0.0870. The van der Waals surface area contributed by atoms with Crippen molar-refractivity contribution in [1.29, 1.82) is 5.26 Å². The fourth-order valence-electron chi connectivity index (χ4n) is 2.59. The first-order valence-corrected chi connectivity index (χ1v) is 9.44. The Morgan fingerprint density at radius 3 is 2.43 bits per heavy atom. The molecule has 6 nitrogen and oxygen atoms in total. The highest BCUT2D eigenvalue weighted by molar-refractivity contribution is 6.30. The maximum absolute atomic E-state index is 12.4. The van der Waals surface area contributed by atoms with E-state index in [-0.39, 0.29) is 12.2 Å². The minimum absolute atomic E-state index is 0.124. The summed E-state index contributed by atoms with van der Waals surface area (Å²) in [5, 5.41) is 12.6. The Morgan fingerprint density at radius 1 is 1.10 bits per heavy atom. The second-order valence-corrected chi connectivity index (χ2v) is 6.57. The van der Waals surface area contributed by atoms with Gasteiger partial charge in [0.25, 0.3) is 5.91 Å². The Bertz CT molecular complexity index is 1120. The van der Waals surface area contributed by atoms with Crippen LogP contribution in [-0.2, 0) is 9.53 Å². The van der Waals surface area contributed by atoms with Gasteiger partial charge in [-0.05, 0) is 67.6 Å². The summed E-state index contributed by atoms with van der Waals surface area (Å²) >= 11 is 5.89. The van der Waals surface area contributed by atoms with Crippen molar-refractivity contribution in [3.63, 3.8) is 0 Å². The number of furan rings is 1. The average molecular weight is 421 g/mol. The number of nitriles is 1. The highest BCUT2D eigenvalue weighted by Crippen LogP contribution is 2.25. The Labute approximate surface area is 178 Å². The molecule has 0 fully saturated rings. The molecule has 2 aromatic carbocycles. The average Bonchev–Trinajstić information content (AvgIpc) is 3.21. The lowest BCUT2D eigenvalue weighted by atomic mass is 10.2. The maximum Gasteiger partial charge on any atom is 0.338 e. The van der Waals surface area contributed by atoms with E-state index in [2.05, 4.69) is 5.32 Å². The number of carbonyl (C=O) groups excluding carboxylic acids is 2. The number of hydrogen-bond acceptors (Lipinski definition) is 5. The smallest absolute Gasteiger partial charge is 0.338 e. The molecular weight excluding hydrogens is 404 g/mol. The maximum atomic E-state index is 12.4. The van der Waals surface area contributed by atoms with Gasteiger partial charge in [-0.1, -0.05) is 11.6 Å². The van der Waals surface area contributed by atoms with E-state index in [4.69, 9.17) is 20.8 Å². The van der Waals surface area contributed by atoms with Crippen molar-refractivity contribution in [3.05, 3.63) is 82.6 Å². The molecule has 0 atom stereocenters. The van der Waals surface area contributed by atoms with Gasteiger partial charge in [0.1, 0.15) is 23.2 Å². The summed E-state index contributed by atoms with van der Waals surface area (Å²) in [6, 6.07) is 18.6. The van der Waals surface area contributed by atoms with Crippen LogP contribution in [0.4, 0.5) is 5.69 Å². The highest BCUT2D eigenvalue weighted by Gasteiger charge is 2.12. The minimum atomic E-state index is -0.592. The van der Waals surface area contributed by atoms with Crippen LogP contribution in [0.25, 0.3) is 17.4 Å². The molecule has 0 aliphatic carbocycles. The Balaban J connectivity index is 1.72. The molecule has 150 valence electrons. The summed E-state index contributed by atoms with van der Waals surface area (Å²) in [7, 11) is 0. The lowest BCUT2D eigenvalue weighted by molar-refractivity contribution is -0.112. The molecule has 1 aromatic heterocycles. The van der Waals surface area contributed by atoms with Crippen LogP contribution in [0.5, 0.6) is 0 Å². The largest absolute Gasteiger partial charge is 0.462 e. The number of benzene rings is 2. The molecular formula is C23H17ClN2O4. The number of halogens is 1. The van der Waals surface area contributed by atoms with Crippen LogP contribution in [0.15, 0.2) is 70.7 Å². The van der Waals surface area contributed by atoms with Crippen LogP contribution in [0, 0.1) is 11.3 Å². The number of carbonyl (C=O) groups is 2. The van der Waals surface area contributed by atoms with Crippen LogP contribution in [0.2, 0.25) is 5.02 Å². The second kappa shape index (κ2) is 9.59. The van der Waals surface area contributed by atoms with Crippen molar-refractivity contribution in [2.75, 3.05) is 11.9 Å². The fourth-order valence-corrected chi connectivity index (χ4v) is 2.72. The van der Waals surface area contributed by atoms with E-state index in [0.29, 0.717) is 27.8 Å². The SMILES string of the molecule is CCOC(=O)c1ccc(NC(=O)C(C#N)=Cc2ccc(-c3ccc(Cl)cc3)o2)cc1. The first-order valence-electron chi connectivity index (χ1n) is 9.06. The Morgan fingerprint density at radius 2 is 1.80 bits per heavy atom. The normalized spacial score (nSPS) is 10.9. The van der Waals surface area contributed by atoms with Gasteiger partial charge in [0.2, 0.25) is 0 Å². The van der Waals surface area contributed by atoms with Crippen molar-refractivity contribution >= 4 is 35.2 Å². The molecule has 7 heteroatoms. The first-order chi connectivity index (χ1) is 14.5. The van der Waals surface area contributed by atoms with Crippen LogP contribution >= 0.6 is 11.6 Å². The Kier molecular flexibility index (Phi) is 6.68. The van der Waals surface area contributed by atoms with E-state index in [9.17, 15) is 14.9 Å². The molecule has 0 saturated carbocycles. The van der Waals surface area contributed by atoms with E-state index >= 15 is 0 Å². The summed E-state index contributed by atoms with van der Waals surface area (Å²) in [6.45, 7) is 2.00. The third-order valence-electron chi connectivity index (χ3n) is 4.06. The Hall–Kier alpha value is -3.82. The lowest BCUT2D eigenvalue weighted by Crippen LogP contribution is -2.13. The number of esters is 1. The molecule has 0 aliphatic heterocycles. The molecule has 0 aliphatic rings. The summed E-state index contributed by atoms with van der Waals surface area (Å²) in [5.41, 5.74) is 1.51. The number of ether oxygens (including phenoxy) is 1. The molecule has 0 unspecified atom stereocenters. The number of amides is 1. The number of hydrogen-bond donors (Lipinski definition) is 1. The van der Waals surface area contributed by atoms with Gasteiger partial charge in [-0.25, -0.2) is 4.79 Å². The number of nitrogens with zero attached hydrogens (tertiary/aromatic N) is 1. The molecule has 1 heterocycles. The third kappa shape index (κ3) is 5.16. The molecule has 0 spiro atoms. The van der Waals surface area contributed by atoms with Gasteiger partial charge in [-0.2, -0.15) is 5.26 Å². The summed E-state index contributed by atoms with van der Waals surface area (Å²) in [4.78, 5) is 24.1. The van der Waals surface area contributed by atoms with Crippen molar-refractivity contribution < 1.29 is 18.7 Å². The molecule has 3 aromatic rings. The topological polar surface area (TPSA) is 92.3 Å². The van der Waals surface area contributed by atoms with Crippen LogP contribution in [0.3, 0.4) is 0 Å². The van der Waals surface area contributed by atoms with Crippen molar-refractivity contribution in [2.45, 2.75) is 6.92 Å². The van der Waals surface area contributed by atoms with E-state index in [0.717, 1.165) is 5.56 Å². The molecule has 30 heavy (non-hydrogen) atoms. The summed E-state index contributed by atoms with van der Waals surface area (Å²) < 4.78 is 10.6. The van der Waals surface area contributed by atoms with E-state index in [1.54, 1.807) is 43.3 Å². The first kappa shape index (κ1) is 20.9. The van der Waals surface area contributed by atoms with Gasteiger partial charge in [-0.15, -0.1) is 0 Å². The molecule has 0 radical (unpaired) electrons. The summed E-state index contributed by atoms with van der Waals surface area (Å²) in [6.07, 6.45) is 1.36. The minimum Gasteiger partial charge on any atom is -0.462 e. The van der Waals surface area contributed by atoms with Crippen molar-refractivity contribution in [1.82, 2.24) is 0 Å². The van der Waals surface area contributed by atoms with Crippen LogP contribution in [0.1, 0.15) is 23.0 Å². The number of nitrogens with one attached hydrogen (secondary N) is 1. The number of anilines is 1. The standard InChI is InChI=1S/C23H17ClN2O4/c1-2-29-23(28)16-5-9-19(10-6-16)26-22(27)17(14-25)13-20-11-12-21(30-20)15-3-7-18(24)8-4-15/h3-13H,2H2,1H3,(H,26,27). The summed E-state index contributed by atoms with van der Waals surface area (Å²) in [5.74, 6) is -0.0809. The molecule has 3 rings (SSSR count). The van der Waals surface area contributed by atoms with Gasteiger partial charge >= 0.3 is 5.97 Å². The molecule has 1 N–H and O–H groups in total. The number of rotatable bonds is 6. The van der Waals surface area contributed by atoms with Gasteiger partial charge in [-0.3, -0.25) is 4.79 Å². The van der Waals surface area contributed by atoms with E-state index in [1.807, 2.05) is 18.2 Å². The third-order valence-corrected chi connectivity index (χ3v) is 4.31. The van der Waals surface area contributed by atoms with Gasteiger partial charge in [0, 0.05) is 22.3 Å². The lowest BCUT2D eigenvalue weighted by Gasteiger charge is -2.06. The molecule has 1 amide bonds. The van der Waals surface area contributed by atoms with Crippen molar-refractivity contribution in [2.24, 2.45) is 0 Å². The van der Waals surface area contributed by atoms with Gasteiger partial charge in [0.15, 0.2) is 0 Å².